The molecule has 4 fully saturated rings. The SMILES string of the molecule is C[Si](C)(O[Si](C)(C)C1OC1C1CCCCC1)C1OC1C1CCCCC1. The van der Waals surface area contributed by atoms with Gasteiger partial charge in [-0.3, -0.25) is 0 Å². The summed E-state index contributed by atoms with van der Waals surface area (Å²) in [5.41, 5.74) is 0.878. The first-order chi connectivity index (χ1) is 11.9. The molecule has 0 N–H and O–H groups in total. The highest BCUT2D eigenvalue weighted by Gasteiger charge is 2.61. The molecule has 4 unspecified atom stereocenters. The lowest BCUT2D eigenvalue weighted by atomic mass is 9.87. The molecule has 2 heterocycles. The number of ether oxygens (including phenoxy) is 2. The lowest BCUT2D eigenvalue weighted by Gasteiger charge is -2.33. The van der Waals surface area contributed by atoms with Crippen LogP contribution in [0.4, 0.5) is 0 Å². The van der Waals surface area contributed by atoms with Crippen LogP contribution < -0.4 is 0 Å². The second-order valence-electron chi connectivity index (χ2n) is 10.1. The van der Waals surface area contributed by atoms with E-state index < -0.39 is 16.6 Å². The third kappa shape index (κ3) is 4.10. The van der Waals surface area contributed by atoms with E-state index in [1.54, 1.807) is 0 Å². The molecule has 5 heteroatoms. The van der Waals surface area contributed by atoms with E-state index in [1.165, 1.54) is 64.2 Å². The lowest BCUT2D eigenvalue weighted by Crippen LogP contribution is -2.53. The minimum absolute atomic E-state index is 0.439. The molecule has 4 atom stereocenters. The van der Waals surface area contributed by atoms with Crippen LogP contribution in [0.15, 0.2) is 0 Å². The van der Waals surface area contributed by atoms with Gasteiger partial charge in [-0.1, -0.05) is 38.5 Å². The Morgan fingerprint density at radius 1 is 0.600 bits per heavy atom. The molecular formula is C20H38O3Si2. The molecule has 4 aliphatic rings. The Hall–Kier alpha value is 0.314. The molecular weight excluding hydrogens is 344 g/mol. The van der Waals surface area contributed by atoms with Crippen molar-refractivity contribution in [1.29, 1.82) is 0 Å². The first kappa shape index (κ1) is 18.7. The topological polar surface area (TPSA) is 34.3 Å². The Morgan fingerprint density at radius 3 is 1.32 bits per heavy atom. The van der Waals surface area contributed by atoms with E-state index in [2.05, 4.69) is 26.2 Å². The van der Waals surface area contributed by atoms with Gasteiger partial charge in [0.05, 0.1) is 12.2 Å². The molecule has 0 spiro atoms. The molecule has 0 amide bonds. The minimum atomic E-state index is -1.79. The Morgan fingerprint density at radius 2 is 0.960 bits per heavy atom. The summed E-state index contributed by atoms with van der Waals surface area (Å²) in [5.74, 6) is 1.62. The fourth-order valence-corrected chi connectivity index (χ4v) is 15.3. The summed E-state index contributed by atoms with van der Waals surface area (Å²) in [5, 5.41) is 0. The second kappa shape index (κ2) is 7.04. The summed E-state index contributed by atoms with van der Waals surface area (Å²) in [6.07, 6.45) is 15.0. The standard InChI is InChI=1S/C20H38O3Si2/c1-24(2,19-17(21-19)15-11-7-5-8-12-15)23-25(3,4)20-18(22-20)16-13-9-6-10-14-16/h15-20H,5-14H2,1-4H3. The van der Waals surface area contributed by atoms with Crippen LogP contribution in [-0.2, 0) is 13.6 Å². The average molecular weight is 383 g/mol. The van der Waals surface area contributed by atoms with E-state index in [9.17, 15) is 0 Å². The highest BCUT2D eigenvalue weighted by molar-refractivity contribution is 6.86. The fraction of sp³-hybridized carbons (Fsp3) is 1.00. The summed E-state index contributed by atoms with van der Waals surface area (Å²) < 4.78 is 19.4. The van der Waals surface area contributed by atoms with Gasteiger partial charge >= 0.3 is 0 Å². The number of hydrogen-bond acceptors (Lipinski definition) is 3. The van der Waals surface area contributed by atoms with E-state index in [-0.39, 0.29) is 0 Å². The molecule has 144 valence electrons. The largest absolute Gasteiger partial charge is 0.452 e. The smallest absolute Gasteiger partial charge is 0.206 e. The molecule has 2 aliphatic heterocycles. The van der Waals surface area contributed by atoms with Gasteiger partial charge in [0.15, 0.2) is 0 Å². The normalized spacial score (nSPS) is 37.9. The van der Waals surface area contributed by atoms with Crippen molar-refractivity contribution in [3.8, 4) is 0 Å². The second-order valence-corrected chi connectivity index (χ2v) is 18.5. The average Bonchev–Trinajstić information content (AvgIpc) is 3.48. The monoisotopic (exact) mass is 382 g/mol. The Labute approximate surface area is 156 Å². The Bertz CT molecular complexity index is 428. The van der Waals surface area contributed by atoms with Crippen LogP contribution in [0.1, 0.15) is 64.2 Å². The fourth-order valence-electron chi connectivity index (χ4n) is 5.80. The van der Waals surface area contributed by atoms with Crippen molar-refractivity contribution in [2.75, 3.05) is 0 Å². The van der Waals surface area contributed by atoms with Gasteiger partial charge in [-0.05, 0) is 63.7 Å². The van der Waals surface area contributed by atoms with E-state index in [4.69, 9.17) is 13.6 Å². The summed E-state index contributed by atoms with van der Waals surface area (Å²) in [7, 11) is -3.59. The zero-order valence-corrected chi connectivity index (χ0v) is 18.8. The van der Waals surface area contributed by atoms with Gasteiger partial charge in [0.25, 0.3) is 0 Å². The van der Waals surface area contributed by atoms with Gasteiger partial charge < -0.3 is 13.6 Å². The van der Waals surface area contributed by atoms with Crippen LogP contribution >= 0.6 is 0 Å². The maximum absolute atomic E-state index is 6.94. The van der Waals surface area contributed by atoms with Crippen LogP contribution in [-0.4, -0.2) is 40.3 Å². The highest BCUT2D eigenvalue weighted by atomic mass is 28.4. The quantitative estimate of drug-likeness (QED) is 0.468. The molecule has 25 heavy (non-hydrogen) atoms. The summed E-state index contributed by atoms with van der Waals surface area (Å²) in [6.45, 7) is 9.58. The third-order valence-electron chi connectivity index (χ3n) is 7.18. The molecule has 0 aromatic heterocycles. The van der Waals surface area contributed by atoms with E-state index in [0.29, 0.717) is 23.7 Å². The molecule has 0 aromatic carbocycles. The zero-order valence-electron chi connectivity index (χ0n) is 16.8. The van der Waals surface area contributed by atoms with Crippen molar-refractivity contribution in [3.63, 3.8) is 0 Å². The maximum atomic E-state index is 6.94. The molecule has 2 saturated heterocycles. The summed E-state index contributed by atoms with van der Waals surface area (Å²) >= 11 is 0. The van der Waals surface area contributed by atoms with Crippen molar-refractivity contribution in [2.24, 2.45) is 11.8 Å². The minimum Gasteiger partial charge on any atom is -0.452 e. The van der Waals surface area contributed by atoms with Crippen LogP contribution in [0.3, 0.4) is 0 Å². The highest BCUT2D eigenvalue weighted by Crippen LogP contribution is 2.46. The molecule has 4 rings (SSSR count). The third-order valence-corrected chi connectivity index (χ3v) is 15.1. The van der Waals surface area contributed by atoms with Crippen LogP contribution in [0, 0.1) is 11.8 Å². The summed E-state index contributed by atoms with van der Waals surface area (Å²) in [4.78, 5) is 0. The van der Waals surface area contributed by atoms with Crippen molar-refractivity contribution >= 4 is 16.6 Å². The van der Waals surface area contributed by atoms with Gasteiger partial charge in [0.2, 0.25) is 16.6 Å². The number of rotatable bonds is 6. The molecule has 0 radical (unpaired) electrons. The number of hydrogen-bond donors (Lipinski definition) is 0. The van der Waals surface area contributed by atoms with E-state index in [1.807, 2.05) is 0 Å². The predicted octanol–water partition coefficient (Wildman–Crippen LogP) is 5.19. The molecule has 2 aliphatic carbocycles. The molecule has 0 bridgehead atoms. The van der Waals surface area contributed by atoms with Gasteiger partial charge in [-0.25, -0.2) is 0 Å². The first-order valence-electron chi connectivity index (χ1n) is 10.9. The molecule has 2 saturated carbocycles. The van der Waals surface area contributed by atoms with Gasteiger partial charge in [-0.15, -0.1) is 0 Å². The molecule has 3 nitrogen and oxygen atoms in total. The van der Waals surface area contributed by atoms with E-state index >= 15 is 0 Å². The maximum Gasteiger partial charge on any atom is 0.206 e. The molecule has 0 aromatic rings. The number of epoxide rings is 2. The van der Waals surface area contributed by atoms with Gasteiger partial charge in [0.1, 0.15) is 11.5 Å². The van der Waals surface area contributed by atoms with Crippen molar-refractivity contribution in [3.05, 3.63) is 0 Å². The lowest BCUT2D eigenvalue weighted by molar-refractivity contribution is 0.263. The van der Waals surface area contributed by atoms with Crippen molar-refractivity contribution in [2.45, 2.75) is 114 Å². The van der Waals surface area contributed by atoms with Crippen molar-refractivity contribution in [1.82, 2.24) is 0 Å². The first-order valence-corrected chi connectivity index (χ1v) is 16.9. The van der Waals surface area contributed by atoms with Crippen LogP contribution in [0.2, 0.25) is 26.2 Å². The Balaban J connectivity index is 1.31. The Kier molecular flexibility index (Phi) is 5.26. The van der Waals surface area contributed by atoms with Crippen molar-refractivity contribution < 1.29 is 13.6 Å². The van der Waals surface area contributed by atoms with Gasteiger partial charge in [0, 0.05) is 0 Å². The van der Waals surface area contributed by atoms with Crippen LogP contribution in [0.5, 0.6) is 0 Å². The summed E-state index contributed by atoms with van der Waals surface area (Å²) in [6, 6.07) is 0. The zero-order chi connectivity index (χ0) is 17.7. The van der Waals surface area contributed by atoms with Crippen LogP contribution in [0.25, 0.3) is 0 Å². The predicted molar refractivity (Wildman–Crippen MR) is 107 cm³/mol. The van der Waals surface area contributed by atoms with Gasteiger partial charge in [-0.2, -0.15) is 0 Å². The van der Waals surface area contributed by atoms with E-state index in [0.717, 1.165) is 11.8 Å².